The molecule has 0 unspecified atom stereocenters. The maximum atomic E-state index is 10.3. The zero-order chi connectivity index (χ0) is 39.6. The second-order valence-electron chi connectivity index (χ2n) is 11.7. The SMILES string of the molecule is CC(C)c1ccc(C=O)cc1.CCN.[CH2-]N.[CH2-]NCc1ccc(C(C)C)cc1.[CH2-]NCc1ccc(C=NCC)cc1.[CH2-]NCc1ccc(OC)cc1.[Y].[Y].[Y].[Y]. The minimum atomic E-state index is 0. The van der Waals surface area contributed by atoms with Crippen molar-refractivity contribution in [3.8, 4) is 5.75 Å². The molecule has 300 valence electrons. The first-order chi connectivity index (χ1) is 25.1. The predicted octanol–water partition coefficient (Wildman–Crippen LogP) is 8.59. The van der Waals surface area contributed by atoms with E-state index in [-0.39, 0.29) is 131 Å². The summed E-state index contributed by atoms with van der Waals surface area (Å²) in [6, 6.07) is 32.5. The number of nitrogens with zero attached hydrogens (tertiary/aromatic N) is 1. The van der Waals surface area contributed by atoms with Gasteiger partial charge < -0.3 is 32.2 Å². The van der Waals surface area contributed by atoms with E-state index in [0.717, 1.165) is 55.9 Å². The Bertz CT molecular complexity index is 1410. The zero-order valence-corrected chi connectivity index (χ0v) is 46.5. The smallest absolute Gasteiger partial charge is 0.150 e. The van der Waals surface area contributed by atoms with Crippen molar-refractivity contribution in [1.29, 1.82) is 0 Å². The van der Waals surface area contributed by atoms with Gasteiger partial charge in [0.1, 0.15) is 12.0 Å². The summed E-state index contributed by atoms with van der Waals surface area (Å²) in [5.74, 6) is 2.04. The molecule has 0 spiro atoms. The number of aldehydes is 1. The third-order valence-electron chi connectivity index (χ3n) is 6.93. The minimum absolute atomic E-state index is 0. The second kappa shape index (κ2) is 47.9. The van der Waals surface area contributed by atoms with Crippen LogP contribution in [0.2, 0.25) is 0 Å². The molecular weight excluding hydrogens is 1000 g/mol. The Morgan fingerprint density at radius 3 is 1.20 bits per heavy atom. The fourth-order valence-corrected chi connectivity index (χ4v) is 4.07. The molecule has 0 bridgehead atoms. The van der Waals surface area contributed by atoms with Gasteiger partial charge in [0.05, 0.1) is 7.11 Å². The van der Waals surface area contributed by atoms with Crippen LogP contribution in [0.3, 0.4) is 0 Å². The van der Waals surface area contributed by atoms with Gasteiger partial charge in [-0.1, -0.05) is 120 Å². The summed E-state index contributed by atoms with van der Waals surface area (Å²) in [5, 5.41) is 8.58. The molecule has 4 radical (unpaired) electrons. The summed E-state index contributed by atoms with van der Waals surface area (Å²) in [4.78, 5) is 14.5. The molecule has 0 amide bonds. The van der Waals surface area contributed by atoms with Gasteiger partial charge in [-0.05, 0) is 90.5 Å². The molecule has 0 aliphatic heterocycles. The molecule has 4 aromatic carbocycles. The van der Waals surface area contributed by atoms with Gasteiger partial charge in [0.15, 0.2) is 0 Å². The third kappa shape index (κ3) is 36.1. The van der Waals surface area contributed by atoms with Gasteiger partial charge in [0, 0.05) is 149 Å². The van der Waals surface area contributed by atoms with Crippen LogP contribution in [0.15, 0.2) is 102 Å². The molecule has 0 aromatic heterocycles. The number of hydrogen-bond donors (Lipinski definition) is 5. The van der Waals surface area contributed by atoms with Crippen molar-refractivity contribution in [3.63, 3.8) is 0 Å². The van der Waals surface area contributed by atoms with Crippen LogP contribution in [0.25, 0.3) is 0 Å². The maximum Gasteiger partial charge on any atom is 0.150 e. The van der Waals surface area contributed by atoms with Gasteiger partial charge >= 0.3 is 0 Å². The van der Waals surface area contributed by atoms with Crippen LogP contribution >= 0.6 is 0 Å². The van der Waals surface area contributed by atoms with E-state index in [1.807, 2.05) is 68.6 Å². The Morgan fingerprint density at radius 2 is 0.911 bits per heavy atom. The van der Waals surface area contributed by atoms with E-state index >= 15 is 0 Å². The normalized spacial score (nSPS) is 9.12. The van der Waals surface area contributed by atoms with Gasteiger partial charge in [0.2, 0.25) is 0 Å². The minimum Gasteiger partial charge on any atom is -0.497 e. The molecule has 0 heterocycles. The average Bonchev–Trinajstić information content (AvgIpc) is 3.17. The van der Waals surface area contributed by atoms with Crippen molar-refractivity contribution in [2.45, 2.75) is 73.0 Å². The summed E-state index contributed by atoms with van der Waals surface area (Å²) >= 11 is 0. The van der Waals surface area contributed by atoms with E-state index in [2.05, 4.69) is 131 Å². The number of carbonyl (C=O) groups is 1. The van der Waals surface area contributed by atoms with Gasteiger partial charge in [-0.25, -0.2) is 0 Å². The van der Waals surface area contributed by atoms with Crippen LogP contribution in [-0.4, -0.2) is 32.7 Å². The number of benzene rings is 4. The Balaban J connectivity index is -0.000000140. The number of rotatable bonds is 12. The van der Waals surface area contributed by atoms with Crippen molar-refractivity contribution in [2.75, 3.05) is 20.2 Å². The Labute approximate surface area is 442 Å². The van der Waals surface area contributed by atoms with Crippen LogP contribution in [-0.2, 0) is 150 Å². The van der Waals surface area contributed by atoms with Crippen LogP contribution in [0.4, 0.5) is 0 Å². The molecule has 4 rings (SSSR count). The standard InChI is InChI=1S/C11H15N2.C11H16N.C10H12O.C9H12NO.C2H7N.CH4N.4Y/c1-3-13-9-11-6-4-10(5-7-11)8-12-2;1-9(2)11-6-4-10(5-7-11)8-12-3;1-8(2)10-5-3-9(7-11)4-6-10;1-10-7-8-3-5-9(11-2)6-4-8;1-2-3;1-2;;;;/h4-7,9,12H,2-3,8H2,1H3;4-7,9,12H,3,8H2,1-2H3;3-8H,1-2H3;3-6,10H,1,7H2,2H3;2-3H2,1H3;1-2H2;;;;/q2*-1;;-1;;-1;;;;. The van der Waals surface area contributed by atoms with Crippen molar-refractivity contribution >= 4 is 12.5 Å². The number of nitrogens with two attached hydrogens (primary N) is 2. The quantitative estimate of drug-likeness (QED) is 0.0547. The summed E-state index contributed by atoms with van der Waals surface area (Å²) < 4.78 is 5.01. The zero-order valence-electron chi connectivity index (χ0n) is 35.1. The Hall–Kier alpha value is 0.236. The molecule has 0 aliphatic rings. The number of ether oxygens (including phenoxy) is 1. The number of carbonyl (C=O) groups excluding carboxylic acids is 1. The first-order valence-electron chi connectivity index (χ1n) is 17.6. The topological polar surface area (TPSA) is 127 Å². The van der Waals surface area contributed by atoms with E-state index in [1.165, 1.54) is 27.8 Å². The summed E-state index contributed by atoms with van der Waals surface area (Å²) in [6.07, 6.45) is 2.76. The molecule has 0 atom stereocenters. The molecule has 0 saturated carbocycles. The van der Waals surface area contributed by atoms with E-state index < -0.39 is 0 Å². The summed E-state index contributed by atoms with van der Waals surface area (Å²) in [6.45, 7) is 16.6. The maximum absolute atomic E-state index is 10.3. The van der Waals surface area contributed by atoms with E-state index in [4.69, 9.17) is 10.5 Å². The summed E-state index contributed by atoms with van der Waals surface area (Å²) in [7, 11) is 15.1. The van der Waals surface area contributed by atoms with Crippen LogP contribution in [0.1, 0.15) is 97.1 Å². The van der Waals surface area contributed by atoms with Crippen LogP contribution in [0.5, 0.6) is 5.75 Å². The molecule has 7 N–H and O–H groups in total. The molecule has 12 heteroatoms. The van der Waals surface area contributed by atoms with Crippen molar-refractivity contribution in [3.05, 3.63) is 164 Å². The molecule has 0 saturated heterocycles. The Kier molecular flexibility index (Phi) is 58.2. The largest absolute Gasteiger partial charge is 0.497 e. The van der Waals surface area contributed by atoms with Gasteiger partial charge in [0.25, 0.3) is 0 Å². The van der Waals surface area contributed by atoms with Crippen molar-refractivity contribution < 1.29 is 140 Å². The van der Waals surface area contributed by atoms with E-state index in [1.54, 1.807) is 7.11 Å². The molecule has 0 aliphatic carbocycles. The number of nitrogens with one attached hydrogen (secondary N) is 3. The third-order valence-corrected chi connectivity index (χ3v) is 6.93. The van der Waals surface area contributed by atoms with Crippen LogP contribution < -0.4 is 32.2 Å². The predicted molar refractivity (Wildman–Crippen MR) is 225 cm³/mol. The Morgan fingerprint density at radius 1 is 0.607 bits per heavy atom. The van der Waals surface area contributed by atoms with E-state index in [9.17, 15) is 4.79 Å². The van der Waals surface area contributed by atoms with Crippen molar-refractivity contribution in [1.82, 2.24) is 16.0 Å². The fraction of sp³-hybridized carbons (Fsp3) is 0.318. The summed E-state index contributed by atoms with van der Waals surface area (Å²) in [5.41, 5.74) is 17.4. The van der Waals surface area contributed by atoms with E-state index in [0.29, 0.717) is 11.8 Å². The molecule has 0 fully saturated rings. The molecule has 56 heavy (non-hydrogen) atoms. The average molecular weight is 1070 g/mol. The number of hydrogen-bond acceptors (Lipinski definition) is 8. The van der Waals surface area contributed by atoms with Gasteiger partial charge in [-0.2, -0.15) is 0 Å². The molecular formula is C44H66N6O2Y4-4. The fourth-order valence-electron chi connectivity index (χ4n) is 4.07. The monoisotopic (exact) mass is 1070 g/mol. The van der Waals surface area contributed by atoms with Gasteiger partial charge in [-0.3, -0.25) is 38.0 Å². The number of methoxy groups -OCH3 is 1. The first-order valence-corrected chi connectivity index (χ1v) is 17.6. The van der Waals surface area contributed by atoms with Gasteiger partial charge in [-0.15, -0.1) is 0 Å². The van der Waals surface area contributed by atoms with Crippen molar-refractivity contribution in [2.24, 2.45) is 16.5 Å². The van der Waals surface area contributed by atoms with Crippen LogP contribution in [0, 0.1) is 28.2 Å². The molecule has 4 aromatic rings. The number of aliphatic imine (C=N–C) groups is 1. The second-order valence-corrected chi connectivity index (χ2v) is 11.7. The first kappa shape index (κ1) is 68.0. The molecule has 8 nitrogen and oxygen atoms in total.